The highest BCUT2D eigenvalue weighted by molar-refractivity contribution is 6.22. The van der Waals surface area contributed by atoms with E-state index in [4.69, 9.17) is 4.74 Å². The van der Waals surface area contributed by atoms with Gasteiger partial charge in [0, 0.05) is 43.3 Å². The van der Waals surface area contributed by atoms with Gasteiger partial charge in [0.25, 0.3) is 11.8 Å². The van der Waals surface area contributed by atoms with Crippen molar-refractivity contribution in [2.24, 2.45) is 0 Å². The molecule has 0 spiro atoms. The molecule has 2 aliphatic heterocycles. The minimum absolute atomic E-state index is 0.197. The highest BCUT2D eigenvalue weighted by Crippen LogP contribution is 2.34. The van der Waals surface area contributed by atoms with E-state index in [1.807, 2.05) is 66.9 Å². The van der Waals surface area contributed by atoms with Crippen molar-refractivity contribution in [2.45, 2.75) is 13.8 Å². The summed E-state index contributed by atoms with van der Waals surface area (Å²) in [6.07, 6.45) is 0. The Kier molecular flexibility index (Phi) is 5.42. The Morgan fingerprint density at radius 3 is 1.97 bits per heavy atom. The smallest absolute Gasteiger partial charge is 0.264 e. The Hall–Kier alpha value is -3.58. The first-order valence-electron chi connectivity index (χ1n) is 11.2. The number of piperazine rings is 1. The molecule has 170 valence electrons. The maximum absolute atomic E-state index is 13.3. The van der Waals surface area contributed by atoms with Gasteiger partial charge in [-0.2, -0.15) is 0 Å². The van der Waals surface area contributed by atoms with Crippen LogP contribution in [0.15, 0.2) is 54.6 Å². The van der Waals surface area contributed by atoms with E-state index in [1.165, 1.54) is 4.90 Å². The second-order valence-corrected chi connectivity index (χ2v) is 8.55. The first kappa shape index (κ1) is 21.3. The molecular formula is C26H28N4O3. The molecule has 7 heteroatoms. The van der Waals surface area contributed by atoms with E-state index in [0.29, 0.717) is 17.8 Å². The van der Waals surface area contributed by atoms with E-state index in [0.717, 1.165) is 54.7 Å². The lowest BCUT2D eigenvalue weighted by Crippen LogP contribution is -2.51. The molecule has 3 aromatic rings. The molecule has 0 N–H and O–H groups in total. The summed E-state index contributed by atoms with van der Waals surface area (Å²) in [5, 5.41) is 0. The Balaban J connectivity index is 1.31. The van der Waals surface area contributed by atoms with E-state index >= 15 is 0 Å². The van der Waals surface area contributed by atoms with Crippen LogP contribution in [0.3, 0.4) is 0 Å². The highest BCUT2D eigenvalue weighted by Gasteiger charge is 2.42. The third-order valence-electron chi connectivity index (χ3n) is 6.72. The lowest BCUT2D eigenvalue weighted by atomic mass is 10.1. The third-order valence-corrected chi connectivity index (χ3v) is 6.72. The number of hydrogen-bond donors (Lipinski definition) is 0. The largest absolute Gasteiger partial charge is 0.495 e. The molecular weight excluding hydrogens is 416 g/mol. The zero-order valence-electron chi connectivity index (χ0n) is 19.2. The van der Waals surface area contributed by atoms with Gasteiger partial charge in [-0.05, 0) is 38.1 Å². The molecule has 2 amide bonds. The summed E-state index contributed by atoms with van der Waals surface area (Å²) < 4.78 is 7.50. The predicted octanol–water partition coefficient (Wildman–Crippen LogP) is 3.48. The lowest BCUT2D eigenvalue weighted by Gasteiger charge is -2.37. The quantitative estimate of drug-likeness (QED) is 0.564. The number of para-hydroxylation sites is 3. The van der Waals surface area contributed by atoms with E-state index in [9.17, 15) is 9.59 Å². The van der Waals surface area contributed by atoms with Gasteiger partial charge in [-0.1, -0.05) is 30.3 Å². The van der Waals surface area contributed by atoms with Gasteiger partial charge in [-0.25, -0.2) is 0 Å². The monoisotopic (exact) mass is 444 g/mol. The van der Waals surface area contributed by atoms with Gasteiger partial charge in [0.15, 0.2) is 0 Å². The van der Waals surface area contributed by atoms with Crippen LogP contribution in [0.4, 0.5) is 5.69 Å². The normalized spacial score (nSPS) is 16.5. The third kappa shape index (κ3) is 3.49. The average molecular weight is 445 g/mol. The molecule has 0 unspecified atom stereocenters. The zero-order chi connectivity index (χ0) is 23.1. The van der Waals surface area contributed by atoms with Crippen molar-refractivity contribution in [3.05, 3.63) is 77.1 Å². The number of fused-ring (bicyclic) bond motifs is 1. The Morgan fingerprint density at radius 1 is 0.788 bits per heavy atom. The molecule has 0 bridgehead atoms. The number of rotatable bonds is 5. The Morgan fingerprint density at radius 2 is 1.36 bits per heavy atom. The number of amides is 2. The Bertz CT molecular complexity index is 1170. The van der Waals surface area contributed by atoms with Gasteiger partial charge in [-0.3, -0.25) is 19.4 Å². The first-order chi connectivity index (χ1) is 16.0. The van der Waals surface area contributed by atoms with Crippen molar-refractivity contribution in [3.8, 4) is 11.4 Å². The SMILES string of the molecule is COc1ccccc1N1CCN(CN2C(=O)c3c(c(C)n(-c4ccccc4)c3C)C2=O)CC1. The molecule has 0 radical (unpaired) electrons. The van der Waals surface area contributed by atoms with Crippen molar-refractivity contribution in [3.63, 3.8) is 0 Å². The van der Waals surface area contributed by atoms with E-state index in [2.05, 4.69) is 15.9 Å². The number of nitrogens with zero attached hydrogens (tertiary/aromatic N) is 4. The molecule has 1 aromatic heterocycles. The number of methoxy groups -OCH3 is 1. The molecule has 3 heterocycles. The second-order valence-electron chi connectivity index (χ2n) is 8.55. The molecule has 7 nitrogen and oxygen atoms in total. The van der Waals surface area contributed by atoms with Crippen LogP contribution in [0.1, 0.15) is 32.1 Å². The minimum Gasteiger partial charge on any atom is -0.495 e. The van der Waals surface area contributed by atoms with Crippen LogP contribution >= 0.6 is 0 Å². The first-order valence-corrected chi connectivity index (χ1v) is 11.2. The minimum atomic E-state index is -0.197. The zero-order valence-corrected chi connectivity index (χ0v) is 19.2. The fraction of sp³-hybridized carbons (Fsp3) is 0.308. The van der Waals surface area contributed by atoms with Crippen molar-refractivity contribution in [1.82, 2.24) is 14.4 Å². The fourth-order valence-electron chi connectivity index (χ4n) is 5.04. The van der Waals surface area contributed by atoms with E-state index in [-0.39, 0.29) is 11.8 Å². The number of imide groups is 1. The van der Waals surface area contributed by atoms with Gasteiger partial charge in [0.2, 0.25) is 0 Å². The van der Waals surface area contributed by atoms with Crippen LogP contribution in [0.5, 0.6) is 5.75 Å². The van der Waals surface area contributed by atoms with Crippen molar-refractivity contribution >= 4 is 17.5 Å². The molecule has 0 atom stereocenters. The summed E-state index contributed by atoms with van der Waals surface area (Å²) in [6, 6.07) is 17.9. The number of aromatic nitrogens is 1. The van der Waals surface area contributed by atoms with Crippen LogP contribution in [0.25, 0.3) is 5.69 Å². The molecule has 1 fully saturated rings. The molecule has 1 saturated heterocycles. The standard InChI is InChI=1S/C26H28N4O3/c1-18-23-24(19(2)30(18)20-9-5-4-6-10-20)26(32)29(25(23)31)17-27-13-15-28(16-14-27)21-11-7-8-12-22(21)33-3/h4-12H,13-17H2,1-3H3. The van der Waals surface area contributed by atoms with Gasteiger partial charge in [-0.15, -0.1) is 0 Å². The van der Waals surface area contributed by atoms with Gasteiger partial charge in [0.05, 0.1) is 30.6 Å². The van der Waals surface area contributed by atoms with Gasteiger partial charge >= 0.3 is 0 Å². The van der Waals surface area contributed by atoms with Gasteiger partial charge in [0.1, 0.15) is 5.75 Å². The van der Waals surface area contributed by atoms with Crippen molar-refractivity contribution in [2.75, 3.05) is 44.9 Å². The molecule has 2 aliphatic rings. The summed E-state index contributed by atoms with van der Waals surface area (Å²) >= 11 is 0. The maximum atomic E-state index is 13.3. The summed E-state index contributed by atoms with van der Waals surface area (Å²) in [6.45, 7) is 7.29. The number of benzene rings is 2. The molecule has 0 aliphatic carbocycles. The molecule has 2 aromatic carbocycles. The highest BCUT2D eigenvalue weighted by atomic mass is 16.5. The van der Waals surface area contributed by atoms with Crippen LogP contribution in [0.2, 0.25) is 0 Å². The second kappa shape index (κ2) is 8.41. The lowest BCUT2D eigenvalue weighted by molar-refractivity contribution is 0.0533. The van der Waals surface area contributed by atoms with Crippen molar-refractivity contribution in [1.29, 1.82) is 0 Å². The van der Waals surface area contributed by atoms with Gasteiger partial charge < -0.3 is 14.2 Å². The number of ether oxygens (including phenoxy) is 1. The summed E-state index contributed by atoms with van der Waals surface area (Å²) in [7, 11) is 1.68. The van der Waals surface area contributed by atoms with Crippen LogP contribution < -0.4 is 9.64 Å². The van der Waals surface area contributed by atoms with Crippen LogP contribution in [-0.2, 0) is 0 Å². The number of carbonyl (C=O) groups is 2. The summed E-state index contributed by atoms with van der Waals surface area (Å²) in [4.78, 5) is 32.5. The Labute approximate surface area is 193 Å². The van der Waals surface area contributed by atoms with Crippen LogP contribution in [0, 0.1) is 13.8 Å². The molecule has 33 heavy (non-hydrogen) atoms. The molecule has 5 rings (SSSR count). The molecule has 0 saturated carbocycles. The van der Waals surface area contributed by atoms with E-state index < -0.39 is 0 Å². The topological polar surface area (TPSA) is 58.0 Å². The number of hydrogen-bond acceptors (Lipinski definition) is 5. The maximum Gasteiger partial charge on any atom is 0.264 e. The number of carbonyl (C=O) groups excluding carboxylic acids is 2. The summed E-state index contributed by atoms with van der Waals surface area (Å²) in [5.41, 5.74) is 4.74. The van der Waals surface area contributed by atoms with E-state index in [1.54, 1.807) is 7.11 Å². The number of anilines is 1. The fourth-order valence-corrected chi connectivity index (χ4v) is 5.04. The van der Waals surface area contributed by atoms with Crippen molar-refractivity contribution < 1.29 is 14.3 Å². The van der Waals surface area contributed by atoms with Crippen LogP contribution in [-0.4, -0.2) is 66.1 Å². The summed E-state index contributed by atoms with van der Waals surface area (Å²) in [5.74, 6) is 0.464. The average Bonchev–Trinajstić information content (AvgIpc) is 3.26. The predicted molar refractivity (Wildman–Crippen MR) is 127 cm³/mol.